The molecule has 0 saturated carbocycles. The number of methoxy groups -OCH3 is 2. The number of carbonyl (C=O) groups is 1. The molecular weight excluding hydrogens is 256 g/mol. The van der Waals surface area contributed by atoms with Crippen LogP contribution in [0.4, 0.5) is 5.69 Å². The maximum absolute atomic E-state index is 12.7. The van der Waals surface area contributed by atoms with E-state index < -0.39 is 0 Å². The van der Waals surface area contributed by atoms with Crippen LogP contribution in [0.3, 0.4) is 0 Å². The molecular formula is C15H22N2O3. The van der Waals surface area contributed by atoms with E-state index in [9.17, 15) is 4.79 Å². The minimum atomic E-state index is -0.111. The summed E-state index contributed by atoms with van der Waals surface area (Å²) in [5, 5.41) is 3.29. The third kappa shape index (κ3) is 3.29. The molecule has 0 radical (unpaired) electrons. The van der Waals surface area contributed by atoms with Crippen molar-refractivity contribution in [1.29, 1.82) is 0 Å². The fraction of sp³-hybridized carbons (Fsp3) is 0.533. The summed E-state index contributed by atoms with van der Waals surface area (Å²) in [6.07, 6.45) is 0. The second-order valence-corrected chi connectivity index (χ2v) is 4.83. The van der Waals surface area contributed by atoms with Crippen molar-refractivity contribution in [3.8, 4) is 0 Å². The first-order valence-electron chi connectivity index (χ1n) is 6.87. The number of hydrogen-bond donors (Lipinski definition) is 1. The average Bonchev–Trinajstić information content (AvgIpc) is 2.91. The van der Waals surface area contributed by atoms with Crippen LogP contribution in [0.25, 0.3) is 0 Å². The van der Waals surface area contributed by atoms with Gasteiger partial charge in [-0.2, -0.15) is 0 Å². The number of benzene rings is 1. The molecule has 0 fully saturated rings. The molecule has 20 heavy (non-hydrogen) atoms. The van der Waals surface area contributed by atoms with Gasteiger partial charge in [0.1, 0.15) is 0 Å². The molecule has 1 unspecified atom stereocenters. The van der Waals surface area contributed by atoms with Gasteiger partial charge in [0.25, 0.3) is 0 Å². The minimum Gasteiger partial charge on any atom is -0.384 e. The molecule has 1 amide bonds. The summed E-state index contributed by atoms with van der Waals surface area (Å²) in [4.78, 5) is 14.5. The van der Waals surface area contributed by atoms with Gasteiger partial charge in [0.15, 0.2) is 0 Å². The van der Waals surface area contributed by atoms with Gasteiger partial charge in [0, 0.05) is 39.5 Å². The number of nitrogens with one attached hydrogen (secondary N) is 1. The summed E-state index contributed by atoms with van der Waals surface area (Å²) in [5.41, 5.74) is 2.14. The van der Waals surface area contributed by atoms with E-state index in [1.165, 1.54) is 0 Å². The molecule has 1 atom stereocenters. The Balaban J connectivity index is 2.07. The molecule has 1 aliphatic rings. The minimum absolute atomic E-state index is 0.111. The maximum Gasteiger partial charge on any atom is 0.232 e. The lowest BCUT2D eigenvalue weighted by molar-refractivity contribution is -0.133. The average molecular weight is 278 g/mol. The SMILES string of the molecule is COCCN(CCOC)C(=O)C1CNc2ccccc21. The molecule has 0 aromatic heterocycles. The highest BCUT2D eigenvalue weighted by Crippen LogP contribution is 2.32. The predicted octanol–water partition coefficient (Wildman–Crippen LogP) is 1.32. The van der Waals surface area contributed by atoms with E-state index in [0.29, 0.717) is 32.8 Å². The van der Waals surface area contributed by atoms with Gasteiger partial charge in [-0.1, -0.05) is 18.2 Å². The molecule has 110 valence electrons. The highest BCUT2D eigenvalue weighted by Gasteiger charge is 2.31. The summed E-state index contributed by atoms with van der Waals surface area (Å²) in [5.74, 6) is 0.0245. The van der Waals surface area contributed by atoms with Crippen LogP contribution in [-0.2, 0) is 14.3 Å². The van der Waals surface area contributed by atoms with Crippen LogP contribution in [-0.4, -0.2) is 57.9 Å². The highest BCUT2D eigenvalue weighted by molar-refractivity contribution is 5.88. The van der Waals surface area contributed by atoms with Crippen LogP contribution in [0.2, 0.25) is 0 Å². The number of rotatable bonds is 7. The van der Waals surface area contributed by atoms with Gasteiger partial charge in [-0.15, -0.1) is 0 Å². The lowest BCUT2D eigenvalue weighted by Crippen LogP contribution is -2.40. The number of anilines is 1. The number of carbonyl (C=O) groups excluding carboxylic acids is 1. The van der Waals surface area contributed by atoms with Gasteiger partial charge in [0.05, 0.1) is 19.1 Å². The van der Waals surface area contributed by atoms with Crippen molar-refractivity contribution in [2.24, 2.45) is 0 Å². The number of para-hydroxylation sites is 1. The largest absolute Gasteiger partial charge is 0.384 e. The number of amides is 1. The lowest BCUT2D eigenvalue weighted by atomic mass is 10.00. The smallest absolute Gasteiger partial charge is 0.232 e. The van der Waals surface area contributed by atoms with Gasteiger partial charge < -0.3 is 19.7 Å². The van der Waals surface area contributed by atoms with E-state index >= 15 is 0 Å². The summed E-state index contributed by atoms with van der Waals surface area (Å²) >= 11 is 0. The molecule has 0 bridgehead atoms. The Kier molecular flexibility index (Phi) is 5.38. The molecule has 0 aliphatic carbocycles. The van der Waals surface area contributed by atoms with Crippen molar-refractivity contribution < 1.29 is 14.3 Å². The molecule has 1 aliphatic heterocycles. The van der Waals surface area contributed by atoms with Crippen molar-refractivity contribution >= 4 is 11.6 Å². The van der Waals surface area contributed by atoms with Crippen LogP contribution in [0.5, 0.6) is 0 Å². The first-order chi connectivity index (χ1) is 9.77. The third-order valence-corrected chi connectivity index (χ3v) is 3.57. The Labute approximate surface area is 119 Å². The van der Waals surface area contributed by atoms with Crippen LogP contribution in [0, 0.1) is 0 Å². The summed E-state index contributed by atoms with van der Waals surface area (Å²) < 4.78 is 10.2. The van der Waals surface area contributed by atoms with Gasteiger partial charge in [-0.25, -0.2) is 0 Å². The fourth-order valence-electron chi connectivity index (χ4n) is 2.46. The van der Waals surface area contributed by atoms with Gasteiger partial charge >= 0.3 is 0 Å². The van der Waals surface area contributed by atoms with Crippen LogP contribution in [0.1, 0.15) is 11.5 Å². The zero-order valence-electron chi connectivity index (χ0n) is 12.1. The van der Waals surface area contributed by atoms with Crippen molar-refractivity contribution in [3.63, 3.8) is 0 Å². The zero-order chi connectivity index (χ0) is 14.4. The predicted molar refractivity (Wildman–Crippen MR) is 78.0 cm³/mol. The fourth-order valence-corrected chi connectivity index (χ4v) is 2.46. The van der Waals surface area contributed by atoms with Crippen molar-refractivity contribution in [1.82, 2.24) is 4.90 Å². The molecule has 0 spiro atoms. The first kappa shape index (κ1) is 14.8. The van der Waals surface area contributed by atoms with Crippen molar-refractivity contribution in [2.75, 3.05) is 52.4 Å². The Morgan fingerprint density at radius 1 is 1.25 bits per heavy atom. The quantitative estimate of drug-likeness (QED) is 0.817. The molecule has 1 heterocycles. The summed E-state index contributed by atoms with van der Waals surface area (Å²) in [6, 6.07) is 7.98. The number of ether oxygens (including phenoxy) is 2. The zero-order valence-corrected chi connectivity index (χ0v) is 12.1. The highest BCUT2D eigenvalue weighted by atomic mass is 16.5. The molecule has 1 aromatic carbocycles. The number of hydrogen-bond acceptors (Lipinski definition) is 4. The van der Waals surface area contributed by atoms with E-state index in [4.69, 9.17) is 9.47 Å². The van der Waals surface area contributed by atoms with Crippen LogP contribution >= 0.6 is 0 Å². The van der Waals surface area contributed by atoms with E-state index in [2.05, 4.69) is 5.32 Å². The first-order valence-corrected chi connectivity index (χ1v) is 6.87. The lowest BCUT2D eigenvalue weighted by Gasteiger charge is -2.25. The third-order valence-electron chi connectivity index (χ3n) is 3.57. The van der Waals surface area contributed by atoms with Crippen molar-refractivity contribution in [3.05, 3.63) is 29.8 Å². The van der Waals surface area contributed by atoms with Gasteiger partial charge in [-0.05, 0) is 11.6 Å². The Morgan fingerprint density at radius 2 is 1.90 bits per heavy atom. The number of nitrogens with zero attached hydrogens (tertiary/aromatic N) is 1. The van der Waals surface area contributed by atoms with E-state index in [0.717, 1.165) is 11.3 Å². The van der Waals surface area contributed by atoms with E-state index in [1.54, 1.807) is 14.2 Å². The van der Waals surface area contributed by atoms with Gasteiger partial charge in [0.2, 0.25) is 5.91 Å². The Morgan fingerprint density at radius 3 is 2.55 bits per heavy atom. The number of fused-ring (bicyclic) bond motifs is 1. The van der Waals surface area contributed by atoms with Gasteiger partial charge in [-0.3, -0.25) is 4.79 Å². The topological polar surface area (TPSA) is 50.8 Å². The van der Waals surface area contributed by atoms with Crippen LogP contribution < -0.4 is 5.32 Å². The van der Waals surface area contributed by atoms with E-state index in [1.807, 2.05) is 29.2 Å². The van der Waals surface area contributed by atoms with E-state index in [-0.39, 0.29) is 11.8 Å². The summed E-state index contributed by atoms with van der Waals surface area (Å²) in [6.45, 7) is 2.93. The molecule has 2 rings (SSSR count). The second-order valence-electron chi connectivity index (χ2n) is 4.83. The maximum atomic E-state index is 12.7. The van der Waals surface area contributed by atoms with Crippen molar-refractivity contribution in [2.45, 2.75) is 5.92 Å². The second kappa shape index (κ2) is 7.26. The summed E-state index contributed by atoms with van der Waals surface area (Å²) in [7, 11) is 3.29. The molecule has 5 heteroatoms. The molecule has 0 saturated heterocycles. The standard InChI is InChI=1S/C15H22N2O3/c1-19-9-7-17(8-10-20-2)15(18)13-11-16-14-6-4-3-5-12(13)14/h3-6,13,16H,7-11H2,1-2H3. The Hall–Kier alpha value is -1.59. The Bertz CT molecular complexity index is 442. The molecule has 1 aromatic rings. The molecule has 5 nitrogen and oxygen atoms in total. The normalized spacial score (nSPS) is 16.6. The molecule has 1 N–H and O–H groups in total. The van der Waals surface area contributed by atoms with Crippen LogP contribution in [0.15, 0.2) is 24.3 Å². The monoisotopic (exact) mass is 278 g/mol.